The van der Waals surface area contributed by atoms with Crippen LogP contribution in [0.5, 0.6) is 0 Å². The molecule has 0 atom stereocenters. The first kappa shape index (κ1) is 28.1. The van der Waals surface area contributed by atoms with Gasteiger partial charge in [0.15, 0.2) is 26.5 Å². The second kappa shape index (κ2) is 12.0. The number of rotatable bonds is 5. The summed E-state index contributed by atoms with van der Waals surface area (Å²) in [4.78, 5) is 27.0. The largest absolute Gasteiger partial charge is 0.369 e. The van der Waals surface area contributed by atoms with Crippen molar-refractivity contribution in [3.05, 3.63) is 48.7 Å². The van der Waals surface area contributed by atoms with Crippen molar-refractivity contribution in [1.29, 1.82) is 5.26 Å². The number of carbonyl (C=O) groups is 1. The molecule has 0 unspecified atom stereocenters. The molecule has 2 aliphatic carbocycles. The second-order valence-corrected chi connectivity index (χ2v) is 13.8. The molecule has 40 heavy (non-hydrogen) atoms. The third kappa shape index (κ3) is 7.01. The standard InChI is InChI=1S/C17H15FN4O2S2.C11H16N2O.H2/c18-13-9-19-16(20-10-13)17-21-11-15(25-17)12-1-3-14(4-2-12)22-5-7-26(23,24)8-6-22;12-8-11(6-7-11)13-10(14)9-4-2-1-3-5-9;/h1-4,9-11H,5-8H2;9H,1-7H2,(H,13,14);1H. The van der Waals surface area contributed by atoms with E-state index in [1.54, 1.807) is 6.20 Å². The van der Waals surface area contributed by atoms with Crippen LogP contribution in [0.3, 0.4) is 0 Å². The van der Waals surface area contributed by atoms with Gasteiger partial charge in [0.25, 0.3) is 0 Å². The second-order valence-electron chi connectivity index (χ2n) is 10.5. The minimum atomic E-state index is -2.88. The Balaban J connectivity index is 0.000000219. The van der Waals surface area contributed by atoms with Crippen molar-refractivity contribution >= 4 is 32.8 Å². The SMILES string of the molecule is N#CC1(NC(=O)C2CCCCC2)CC1.O=S1(=O)CCN(c2ccc(-c3cnc(-c4ncc(F)cn4)s3)cc2)CC1.[HH]. The van der Waals surface area contributed by atoms with Gasteiger partial charge >= 0.3 is 0 Å². The molecule has 9 nitrogen and oxygen atoms in total. The maximum atomic E-state index is 12.9. The van der Waals surface area contributed by atoms with Crippen LogP contribution in [0.25, 0.3) is 21.3 Å². The number of benzene rings is 1. The van der Waals surface area contributed by atoms with Gasteiger partial charge in [0.05, 0.1) is 34.8 Å². The number of nitrogens with one attached hydrogen (secondary N) is 1. The minimum absolute atomic E-state index is 0. The van der Waals surface area contributed by atoms with Crippen LogP contribution < -0.4 is 10.2 Å². The molecule has 0 spiro atoms. The summed E-state index contributed by atoms with van der Waals surface area (Å²) in [5.41, 5.74) is 1.54. The zero-order valence-electron chi connectivity index (χ0n) is 22.1. The first-order valence-corrected chi connectivity index (χ1v) is 16.1. The Morgan fingerprint density at radius 3 is 2.30 bits per heavy atom. The van der Waals surface area contributed by atoms with E-state index in [0.29, 0.717) is 23.9 Å². The van der Waals surface area contributed by atoms with Gasteiger partial charge in [-0.25, -0.2) is 27.8 Å². The zero-order chi connectivity index (χ0) is 28.2. The Labute approximate surface area is 238 Å². The van der Waals surface area contributed by atoms with Gasteiger partial charge in [-0.15, -0.1) is 11.3 Å². The molecule has 3 heterocycles. The number of amides is 1. The molecule has 1 amide bonds. The van der Waals surface area contributed by atoms with Gasteiger partial charge in [-0.1, -0.05) is 31.4 Å². The summed E-state index contributed by atoms with van der Waals surface area (Å²) in [6.45, 7) is 1.04. The number of sulfone groups is 1. The van der Waals surface area contributed by atoms with Crippen molar-refractivity contribution in [3.8, 4) is 27.3 Å². The molecule has 1 aromatic carbocycles. The fourth-order valence-corrected chi connectivity index (χ4v) is 6.90. The van der Waals surface area contributed by atoms with Gasteiger partial charge in [0.1, 0.15) is 5.54 Å². The van der Waals surface area contributed by atoms with E-state index in [4.69, 9.17) is 5.26 Å². The number of hydrogen-bond acceptors (Lipinski definition) is 9. The number of aromatic nitrogens is 3. The minimum Gasteiger partial charge on any atom is -0.369 e. The number of nitrogens with zero attached hydrogens (tertiary/aromatic N) is 5. The molecule has 3 fully saturated rings. The Morgan fingerprint density at radius 2 is 1.70 bits per heavy atom. The highest BCUT2D eigenvalue weighted by atomic mass is 32.2. The number of thiazole rings is 1. The molecule has 3 aromatic rings. The summed E-state index contributed by atoms with van der Waals surface area (Å²) < 4.78 is 36.0. The summed E-state index contributed by atoms with van der Waals surface area (Å²) in [5.74, 6) is 0.605. The molecular formula is C28H33FN6O3S2. The van der Waals surface area contributed by atoms with Crippen LogP contribution in [-0.4, -0.2) is 59.4 Å². The van der Waals surface area contributed by atoms with E-state index in [-0.39, 0.29) is 24.8 Å². The summed E-state index contributed by atoms with van der Waals surface area (Å²) >= 11 is 1.43. The highest BCUT2D eigenvalue weighted by molar-refractivity contribution is 7.91. The van der Waals surface area contributed by atoms with Crippen LogP contribution in [0.15, 0.2) is 42.9 Å². The van der Waals surface area contributed by atoms with Crippen LogP contribution in [0.2, 0.25) is 0 Å². The monoisotopic (exact) mass is 584 g/mol. The van der Waals surface area contributed by atoms with E-state index in [1.807, 2.05) is 24.3 Å². The lowest BCUT2D eigenvalue weighted by Crippen LogP contribution is -2.40. The maximum absolute atomic E-state index is 12.9. The molecule has 12 heteroatoms. The first-order valence-electron chi connectivity index (χ1n) is 13.5. The van der Waals surface area contributed by atoms with Crippen molar-refractivity contribution < 1.29 is 19.0 Å². The molecule has 2 saturated carbocycles. The topological polar surface area (TPSA) is 129 Å². The fourth-order valence-electron chi connectivity index (χ4n) is 4.83. The predicted molar refractivity (Wildman–Crippen MR) is 154 cm³/mol. The molecule has 1 saturated heterocycles. The number of halogens is 1. The van der Waals surface area contributed by atoms with Crippen LogP contribution >= 0.6 is 11.3 Å². The zero-order valence-corrected chi connectivity index (χ0v) is 23.7. The molecule has 0 radical (unpaired) electrons. The van der Waals surface area contributed by atoms with E-state index < -0.39 is 21.2 Å². The van der Waals surface area contributed by atoms with Crippen molar-refractivity contribution in [2.75, 3.05) is 29.5 Å². The van der Waals surface area contributed by atoms with Crippen molar-refractivity contribution in [2.45, 2.75) is 50.5 Å². The number of carbonyl (C=O) groups excluding carboxylic acids is 1. The third-order valence-corrected chi connectivity index (χ3v) is 10.1. The highest BCUT2D eigenvalue weighted by Gasteiger charge is 2.45. The number of nitriles is 1. The molecule has 1 N–H and O–H groups in total. The van der Waals surface area contributed by atoms with Gasteiger partial charge in [-0.3, -0.25) is 4.79 Å². The van der Waals surface area contributed by atoms with E-state index in [1.165, 1.54) is 17.8 Å². The van der Waals surface area contributed by atoms with Crippen LogP contribution in [0, 0.1) is 23.1 Å². The molecular weight excluding hydrogens is 551 g/mol. The summed E-state index contributed by atoms with van der Waals surface area (Å²) in [7, 11) is -2.88. The lowest BCUT2D eigenvalue weighted by Gasteiger charge is -2.28. The van der Waals surface area contributed by atoms with Crippen LogP contribution in [0.4, 0.5) is 10.1 Å². The van der Waals surface area contributed by atoms with Gasteiger partial charge in [0.2, 0.25) is 5.91 Å². The Bertz CT molecular complexity index is 1470. The van der Waals surface area contributed by atoms with Crippen LogP contribution in [0.1, 0.15) is 46.4 Å². The summed E-state index contributed by atoms with van der Waals surface area (Å²) in [6.07, 6.45) is 11.3. The molecule has 212 valence electrons. The van der Waals surface area contributed by atoms with Crippen molar-refractivity contribution in [3.63, 3.8) is 0 Å². The van der Waals surface area contributed by atoms with E-state index in [2.05, 4.69) is 31.2 Å². The molecule has 3 aliphatic rings. The normalized spacial score (nSPS) is 19.6. The molecule has 0 bridgehead atoms. The lowest BCUT2D eigenvalue weighted by atomic mass is 9.88. The molecule has 6 rings (SSSR count). The smallest absolute Gasteiger partial charge is 0.224 e. The third-order valence-electron chi connectivity index (χ3n) is 7.48. The Hall–Kier alpha value is -3.43. The van der Waals surface area contributed by atoms with E-state index in [0.717, 1.165) is 67.0 Å². The van der Waals surface area contributed by atoms with Gasteiger partial charge < -0.3 is 10.2 Å². The van der Waals surface area contributed by atoms with E-state index in [9.17, 15) is 17.6 Å². The summed E-state index contributed by atoms with van der Waals surface area (Å²) in [6, 6.07) is 10.1. The fraction of sp³-hybridized carbons (Fsp3) is 0.464. The average molecular weight is 585 g/mol. The number of anilines is 1. The average Bonchev–Trinajstić information content (AvgIpc) is 3.57. The Morgan fingerprint density at radius 1 is 1.05 bits per heavy atom. The Kier molecular flexibility index (Phi) is 8.42. The molecule has 2 aromatic heterocycles. The quantitative estimate of drug-likeness (QED) is 0.460. The van der Waals surface area contributed by atoms with Gasteiger partial charge in [-0.2, -0.15) is 5.26 Å². The molecule has 1 aliphatic heterocycles. The van der Waals surface area contributed by atoms with Crippen LogP contribution in [-0.2, 0) is 14.6 Å². The lowest BCUT2D eigenvalue weighted by molar-refractivity contribution is -0.126. The van der Waals surface area contributed by atoms with Crippen molar-refractivity contribution in [2.24, 2.45) is 5.92 Å². The van der Waals surface area contributed by atoms with Crippen molar-refractivity contribution in [1.82, 2.24) is 20.3 Å². The predicted octanol–water partition coefficient (Wildman–Crippen LogP) is 4.63. The van der Waals surface area contributed by atoms with Gasteiger partial charge in [-0.05, 0) is 43.4 Å². The van der Waals surface area contributed by atoms with Gasteiger partial charge in [0, 0.05) is 32.3 Å². The summed E-state index contributed by atoms with van der Waals surface area (Å²) in [5, 5.41) is 12.4. The maximum Gasteiger partial charge on any atom is 0.224 e. The highest BCUT2D eigenvalue weighted by Crippen LogP contribution is 2.36. The van der Waals surface area contributed by atoms with E-state index >= 15 is 0 Å². The number of hydrogen-bond donors (Lipinski definition) is 1. The first-order chi connectivity index (χ1) is 19.3.